The second kappa shape index (κ2) is 10.8. The number of carbonyl (C=O) groups excluding carboxylic acids is 2. The van der Waals surface area contributed by atoms with E-state index in [1.54, 1.807) is 24.3 Å². The summed E-state index contributed by atoms with van der Waals surface area (Å²) in [6, 6.07) is 14.2. The topological polar surface area (TPSA) is 85.3 Å². The maximum atomic E-state index is 13.5. The van der Waals surface area contributed by atoms with Crippen LogP contribution in [0.2, 0.25) is 0 Å². The molecule has 1 aliphatic rings. The van der Waals surface area contributed by atoms with E-state index >= 15 is 0 Å². The number of aliphatic hydroxyl groups excluding tert-OH is 1. The average molecular weight is 440 g/mol. The number of hydrogen-bond acceptors (Lipinski definition) is 6. The number of rotatable bonds is 10. The number of methoxy groups -OCH3 is 2. The minimum Gasteiger partial charge on any atom is -0.493 e. The van der Waals surface area contributed by atoms with Gasteiger partial charge < -0.3 is 19.3 Å². The molecule has 3 rings (SSSR count). The first-order valence-electron chi connectivity index (χ1n) is 10.5. The second-order valence-corrected chi connectivity index (χ2v) is 7.66. The van der Waals surface area contributed by atoms with Crippen LogP contribution in [0.25, 0.3) is 0 Å². The number of aliphatic hydroxyl groups is 1. The van der Waals surface area contributed by atoms with Crippen LogP contribution < -0.4 is 9.47 Å². The van der Waals surface area contributed by atoms with Gasteiger partial charge in [0.1, 0.15) is 6.61 Å². The van der Waals surface area contributed by atoms with Gasteiger partial charge in [0.25, 0.3) is 0 Å². The van der Waals surface area contributed by atoms with Gasteiger partial charge >= 0.3 is 6.09 Å². The molecule has 2 amide bonds. The molecule has 1 N–H and O–H groups in total. The molecule has 1 heterocycles. The van der Waals surface area contributed by atoms with Crippen molar-refractivity contribution in [1.82, 2.24) is 4.90 Å². The molecular weight excluding hydrogens is 410 g/mol. The van der Waals surface area contributed by atoms with E-state index in [4.69, 9.17) is 14.2 Å². The lowest BCUT2D eigenvalue weighted by atomic mass is 9.89. The van der Waals surface area contributed by atoms with Crippen molar-refractivity contribution in [2.45, 2.75) is 31.4 Å². The van der Waals surface area contributed by atoms with Crippen LogP contribution in [-0.4, -0.2) is 48.9 Å². The van der Waals surface area contributed by atoms with Crippen LogP contribution in [0.15, 0.2) is 61.2 Å². The van der Waals surface area contributed by atoms with Crippen molar-refractivity contribution in [3.63, 3.8) is 0 Å². The largest absolute Gasteiger partial charge is 0.493 e. The maximum Gasteiger partial charge on any atom is 0.416 e. The fraction of sp³-hybridized carbons (Fsp3) is 0.360. The summed E-state index contributed by atoms with van der Waals surface area (Å²) in [5, 5.41) is 11.2. The Balaban J connectivity index is 1.87. The Hall–Kier alpha value is -3.32. The van der Waals surface area contributed by atoms with Gasteiger partial charge in [-0.05, 0) is 42.5 Å². The lowest BCUT2D eigenvalue weighted by Crippen LogP contribution is -2.45. The summed E-state index contributed by atoms with van der Waals surface area (Å²) in [7, 11) is 3.03. The Labute approximate surface area is 188 Å². The maximum absolute atomic E-state index is 13.5. The van der Waals surface area contributed by atoms with Crippen LogP contribution in [0.5, 0.6) is 11.5 Å². The van der Waals surface area contributed by atoms with Crippen LogP contribution in [-0.2, 0) is 16.0 Å². The molecule has 0 saturated carbocycles. The average Bonchev–Trinajstić information content (AvgIpc) is 3.18. The summed E-state index contributed by atoms with van der Waals surface area (Å²) in [6.45, 7) is 3.85. The predicted molar refractivity (Wildman–Crippen MR) is 120 cm³/mol. The van der Waals surface area contributed by atoms with E-state index in [2.05, 4.69) is 6.58 Å². The van der Waals surface area contributed by atoms with Crippen molar-refractivity contribution in [1.29, 1.82) is 0 Å². The SMILES string of the molecule is C=CCC[C@@H](C(=O)N1C(=O)OC[C@@H]1Cc1ccccc1)[C@H](O)c1ccc(OC)c(OC)c1. The number of amides is 2. The third kappa shape index (κ3) is 5.11. The molecule has 0 spiro atoms. The van der Waals surface area contributed by atoms with Crippen LogP contribution in [0.1, 0.15) is 30.1 Å². The number of imide groups is 1. The van der Waals surface area contributed by atoms with Crippen molar-refractivity contribution in [2.75, 3.05) is 20.8 Å². The monoisotopic (exact) mass is 439 g/mol. The van der Waals surface area contributed by atoms with Gasteiger partial charge in [0, 0.05) is 0 Å². The third-order valence-electron chi connectivity index (χ3n) is 5.64. The van der Waals surface area contributed by atoms with E-state index in [1.165, 1.54) is 14.2 Å². The number of nitrogens with zero attached hydrogens (tertiary/aromatic N) is 1. The molecule has 0 bridgehead atoms. The van der Waals surface area contributed by atoms with E-state index in [1.807, 2.05) is 30.3 Å². The first-order chi connectivity index (χ1) is 15.5. The highest BCUT2D eigenvalue weighted by molar-refractivity contribution is 5.95. The first kappa shape index (κ1) is 23.3. The van der Waals surface area contributed by atoms with Crippen molar-refractivity contribution in [2.24, 2.45) is 5.92 Å². The number of ether oxygens (including phenoxy) is 3. The minimum absolute atomic E-state index is 0.125. The summed E-state index contributed by atoms with van der Waals surface area (Å²) < 4.78 is 15.8. The van der Waals surface area contributed by atoms with Crippen molar-refractivity contribution < 1.29 is 28.9 Å². The van der Waals surface area contributed by atoms with Gasteiger partial charge in [-0.2, -0.15) is 0 Å². The zero-order valence-electron chi connectivity index (χ0n) is 18.4. The molecule has 3 atom stereocenters. The van der Waals surface area contributed by atoms with Crippen LogP contribution in [0.4, 0.5) is 4.79 Å². The summed E-state index contributed by atoms with van der Waals surface area (Å²) in [5.74, 6) is -0.349. The molecule has 1 saturated heterocycles. The Morgan fingerprint density at radius 1 is 1.22 bits per heavy atom. The van der Waals surface area contributed by atoms with E-state index in [9.17, 15) is 14.7 Å². The zero-order valence-corrected chi connectivity index (χ0v) is 18.4. The standard InChI is InChI=1S/C25H29NO6/c1-4-5-11-20(23(27)18-12-13-21(30-2)22(15-18)31-3)24(28)26-19(16-32-25(26)29)14-17-9-7-6-8-10-17/h4,6-10,12-13,15,19-20,23,27H,1,5,11,14,16H2,2-3H3/t19-,20+,23+/m0/s1. The highest BCUT2D eigenvalue weighted by Gasteiger charge is 2.42. The lowest BCUT2D eigenvalue weighted by molar-refractivity contribution is -0.137. The number of benzene rings is 2. The smallest absolute Gasteiger partial charge is 0.416 e. The molecule has 0 unspecified atom stereocenters. The van der Waals surface area contributed by atoms with Crippen LogP contribution in [0.3, 0.4) is 0 Å². The molecule has 170 valence electrons. The first-order valence-corrected chi connectivity index (χ1v) is 10.5. The quantitative estimate of drug-likeness (QED) is 0.565. The van der Waals surface area contributed by atoms with Gasteiger partial charge in [-0.15, -0.1) is 6.58 Å². The number of hydrogen-bond donors (Lipinski definition) is 1. The van der Waals surface area contributed by atoms with Crippen molar-refractivity contribution in [3.8, 4) is 11.5 Å². The Morgan fingerprint density at radius 3 is 2.59 bits per heavy atom. The van der Waals surface area contributed by atoms with Gasteiger partial charge in [-0.1, -0.05) is 42.5 Å². The summed E-state index contributed by atoms with van der Waals surface area (Å²) in [4.78, 5) is 27.2. The summed E-state index contributed by atoms with van der Waals surface area (Å²) in [5.41, 5.74) is 1.49. The number of allylic oxidation sites excluding steroid dienone is 1. The van der Waals surface area contributed by atoms with Crippen molar-refractivity contribution >= 4 is 12.0 Å². The van der Waals surface area contributed by atoms with E-state index in [0.29, 0.717) is 36.3 Å². The van der Waals surface area contributed by atoms with Gasteiger partial charge in [-0.3, -0.25) is 4.79 Å². The molecule has 2 aromatic carbocycles. The molecule has 1 aliphatic heterocycles. The molecule has 7 heteroatoms. The molecule has 7 nitrogen and oxygen atoms in total. The lowest BCUT2D eigenvalue weighted by Gasteiger charge is -2.28. The third-order valence-corrected chi connectivity index (χ3v) is 5.64. The van der Waals surface area contributed by atoms with Crippen molar-refractivity contribution in [3.05, 3.63) is 72.3 Å². The predicted octanol–water partition coefficient (Wildman–Crippen LogP) is 3.91. The normalized spacial score (nSPS) is 17.4. The molecule has 1 fully saturated rings. The minimum atomic E-state index is -1.15. The second-order valence-electron chi connectivity index (χ2n) is 7.66. The zero-order chi connectivity index (χ0) is 23.1. The molecule has 0 aromatic heterocycles. The van der Waals surface area contributed by atoms with Gasteiger partial charge in [0.05, 0.1) is 32.3 Å². The van der Waals surface area contributed by atoms with Gasteiger partial charge in [0.2, 0.25) is 5.91 Å². The Bertz CT molecular complexity index is 945. The van der Waals surface area contributed by atoms with E-state index in [0.717, 1.165) is 10.5 Å². The van der Waals surface area contributed by atoms with E-state index < -0.39 is 30.1 Å². The molecule has 0 aliphatic carbocycles. The fourth-order valence-corrected chi connectivity index (χ4v) is 3.93. The number of carbonyl (C=O) groups is 2. The molecular formula is C25H29NO6. The highest BCUT2D eigenvalue weighted by atomic mass is 16.6. The fourth-order valence-electron chi connectivity index (χ4n) is 3.93. The van der Waals surface area contributed by atoms with Gasteiger partial charge in [0.15, 0.2) is 11.5 Å². The Morgan fingerprint density at radius 2 is 1.94 bits per heavy atom. The summed E-state index contributed by atoms with van der Waals surface area (Å²) in [6.07, 6.45) is 1.18. The Kier molecular flexibility index (Phi) is 7.89. The van der Waals surface area contributed by atoms with Crippen LogP contribution in [0, 0.1) is 5.92 Å². The van der Waals surface area contributed by atoms with Crippen LogP contribution >= 0.6 is 0 Å². The number of cyclic esters (lactones) is 1. The molecule has 32 heavy (non-hydrogen) atoms. The summed E-state index contributed by atoms with van der Waals surface area (Å²) >= 11 is 0. The molecule has 0 radical (unpaired) electrons. The molecule has 2 aromatic rings. The highest BCUT2D eigenvalue weighted by Crippen LogP contribution is 2.35. The van der Waals surface area contributed by atoms with Gasteiger partial charge in [-0.25, -0.2) is 9.69 Å². The van der Waals surface area contributed by atoms with E-state index in [-0.39, 0.29) is 6.61 Å².